The van der Waals surface area contributed by atoms with Crippen molar-refractivity contribution in [2.24, 2.45) is 5.73 Å². The van der Waals surface area contributed by atoms with Crippen LogP contribution in [0, 0.1) is 0 Å². The van der Waals surface area contributed by atoms with Crippen molar-refractivity contribution < 1.29 is 14.3 Å². The number of methoxy groups -OCH3 is 1. The number of pyridine rings is 1. The minimum Gasteiger partial charge on any atom is -0.381 e. The minimum absolute atomic E-state index is 0.0938. The van der Waals surface area contributed by atoms with Gasteiger partial charge in [-0.3, -0.25) is 14.4 Å². The molecule has 1 aliphatic heterocycles. The average Bonchev–Trinajstić information content (AvgIpc) is 2.36. The summed E-state index contributed by atoms with van der Waals surface area (Å²) < 4.78 is 6.99. The van der Waals surface area contributed by atoms with Crippen molar-refractivity contribution in [1.82, 2.24) is 9.88 Å². The summed E-state index contributed by atoms with van der Waals surface area (Å²) in [5.41, 5.74) is 4.52. The number of aromatic nitrogens is 1. The molecule has 0 aromatic carbocycles. The highest BCUT2D eigenvalue weighted by molar-refractivity contribution is 5.96. The van der Waals surface area contributed by atoms with E-state index >= 15 is 0 Å². The maximum atomic E-state index is 11.9. The van der Waals surface area contributed by atoms with Crippen molar-refractivity contribution in [3.8, 4) is 0 Å². The lowest BCUT2D eigenvalue weighted by Crippen LogP contribution is -2.61. The number of carbonyl (C=O) groups is 2. The number of primary amides is 1. The largest absolute Gasteiger partial charge is 0.381 e. The van der Waals surface area contributed by atoms with E-state index in [9.17, 15) is 14.4 Å². The molecule has 1 saturated carbocycles. The summed E-state index contributed by atoms with van der Waals surface area (Å²) in [7, 11) is 1.64. The molecule has 7 heteroatoms. The minimum atomic E-state index is -0.783. The van der Waals surface area contributed by atoms with Gasteiger partial charge in [-0.15, -0.1) is 0 Å². The molecule has 1 fully saturated rings. The number of fused-ring (bicyclic) bond motifs is 2. The van der Waals surface area contributed by atoms with E-state index < -0.39 is 11.3 Å². The molecule has 0 bridgehead atoms. The van der Waals surface area contributed by atoms with Crippen molar-refractivity contribution in [2.75, 3.05) is 13.7 Å². The number of hydrogen-bond donors (Lipinski definition) is 2. The SMILES string of the molecule is COC1CC2(CNC(=O)c3cc(=O)c(C(N)=O)cn32)C1. The molecule has 2 amide bonds. The van der Waals surface area contributed by atoms with Gasteiger partial charge in [0.25, 0.3) is 11.8 Å². The maximum Gasteiger partial charge on any atom is 0.268 e. The van der Waals surface area contributed by atoms with Crippen LogP contribution in [0.5, 0.6) is 0 Å². The Kier molecular flexibility index (Phi) is 2.68. The molecular formula is C13H15N3O4. The lowest BCUT2D eigenvalue weighted by atomic mass is 9.72. The second-order valence-electron chi connectivity index (χ2n) is 5.34. The van der Waals surface area contributed by atoms with Crippen molar-refractivity contribution >= 4 is 11.8 Å². The van der Waals surface area contributed by atoms with Crippen LogP contribution in [-0.4, -0.2) is 36.1 Å². The fraction of sp³-hybridized carbons (Fsp3) is 0.462. The lowest BCUT2D eigenvalue weighted by molar-refractivity contribution is -0.0536. The molecule has 1 aromatic rings. The number of hydrogen-bond acceptors (Lipinski definition) is 4. The van der Waals surface area contributed by atoms with Gasteiger partial charge in [0.2, 0.25) is 0 Å². The van der Waals surface area contributed by atoms with Crippen LogP contribution in [-0.2, 0) is 10.3 Å². The van der Waals surface area contributed by atoms with Gasteiger partial charge in [0, 0.05) is 25.9 Å². The predicted octanol–water partition coefficient (Wildman–Crippen LogP) is -0.805. The van der Waals surface area contributed by atoms with Gasteiger partial charge >= 0.3 is 0 Å². The van der Waals surface area contributed by atoms with Gasteiger partial charge in [-0.2, -0.15) is 0 Å². The van der Waals surface area contributed by atoms with E-state index in [1.165, 1.54) is 12.3 Å². The van der Waals surface area contributed by atoms with Crippen LogP contribution in [0.15, 0.2) is 17.1 Å². The first-order valence-corrected chi connectivity index (χ1v) is 6.35. The topological polar surface area (TPSA) is 103 Å². The van der Waals surface area contributed by atoms with E-state index in [-0.39, 0.29) is 28.8 Å². The van der Waals surface area contributed by atoms with E-state index in [0.29, 0.717) is 6.54 Å². The molecule has 1 spiro atoms. The Hall–Kier alpha value is -2.15. The van der Waals surface area contributed by atoms with Crippen molar-refractivity contribution in [3.05, 3.63) is 33.7 Å². The fourth-order valence-corrected chi connectivity index (χ4v) is 3.00. The molecule has 0 radical (unpaired) electrons. The first kappa shape index (κ1) is 12.9. The van der Waals surface area contributed by atoms with Crippen LogP contribution >= 0.6 is 0 Å². The predicted molar refractivity (Wildman–Crippen MR) is 69.6 cm³/mol. The van der Waals surface area contributed by atoms with E-state index in [4.69, 9.17) is 10.5 Å². The van der Waals surface area contributed by atoms with Crippen LogP contribution in [0.1, 0.15) is 33.7 Å². The van der Waals surface area contributed by atoms with E-state index in [1.54, 1.807) is 11.7 Å². The zero-order chi connectivity index (χ0) is 14.5. The van der Waals surface area contributed by atoms with Crippen molar-refractivity contribution in [1.29, 1.82) is 0 Å². The second-order valence-corrected chi connectivity index (χ2v) is 5.34. The first-order chi connectivity index (χ1) is 9.47. The van der Waals surface area contributed by atoms with E-state index in [2.05, 4.69) is 5.32 Å². The fourth-order valence-electron chi connectivity index (χ4n) is 3.00. The summed E-state index contributed by atoms with van der Waals surface area (Å²) in [5, 5.41) is 2.78. The molecule has 2 aliphatic rings. The molecule has 2 heterocycles. The standard InChI is InChI=1S/C13H15N3O4/c1-20-7-3-13(4-7)6-15-12(19)9-2-10(17)8(11(14)18)5-16(9)13/h2,5,7H,3-4,6H2,1H3,(H2,14,18)(H,15,19). The summed E-state index contributed by atoms with van der Waals surface area (Å²) in [6, 6.07) is 1.18. The third-order valence-electron chi connectivity index (χ3n) is 4.19. The Balaban J connectivity index is 2.13. The highest BCUT2D eigenvalue weighted by Gasteiger charge is 2.49. The van der Waals surface area contributed by atoms with Gasteiger partial charge in [0.1, 0.15) is 11.3 Å². The zero-order valence-electron chi connectivity index (χ0n) is 11.0. The monoisotopic (exact) mass is 277 g/mol. The Morgan fingerprint density at radius 3 is 2.80 bits per heavy atom. The average molecular weight is 277 g/mol. The van der Waals surface area contributed by atoms with E-state index in [1.807, 2.05) is 0 Å². The number of nitrogens with zero attached hydrogens (tertiary/aromatic N) is 1. The number of ether oxygens (including phenoxy) is 1. The zero-order valence-corrected chi connectivity index (χ0v) is 11.0. The number of carbonyl (C=O) groups excluding carboxylic acids is 2. The van der Waals surface area contributed by atoms with Crippen LogP contribution in [0.2, 0.25) is 0 Å². The van der Waals surface area contributed by atoms with Gasteiger partial charge in [0.15, 0.2) is 5.43 Å². The summed E-state index contributed by atoms with van der Waals surface area (Å²) in [6.45, 7) is 0.458. The smallest absolute Gasteiger partial charge is 0.268 e. The number of amides is 2. The van der Waals surface area contributed by atoms with Crippen LogP contribution in [0.25, 0.3) is 0 Å². The molecule has 1 aromatic heterocycles. The summed E-state index contributed by atoms with van der Waals surface area (Å²) in [5.74, 6) is -1.10. The highest BCUT2D eigenvalue weighted by Crippen LogP contribution is 2.42. The highest BCUT2D eigenvalue weighted by atomic mass is 16.5. The molecule has 20 heavy (non-hydrogen) atoms. The molecule has 1 aliphatic carbocycles. The summed E-state index contributed by atoms with van der Waals surface area (Å²) in [4.78, 5) is 35.0. The van der Waals surface area contributed by atoms with Gasteiger partial charge in [-0.25, -0.2) is 0 Å². The first-order valence-electron chi connectivity index (χ1n) is 6.35. The third kappa shape index (κ3) is 1.66. The van der Waals surface area contributed by atoms with Gasteiger partial charge in [-0.05, 0) is 12.8 Å². The molecule has 3 N–H and O–H groups in total. The third-order valence-corrected chi connectivity index (χ3v) is 4.19. The van der Waals surface area contributed by atoms with Crippen molar-refractivity contribution in [2.45, 2.75) is 24.5 Å². The van der Waals surface area contributed by atoms with Gasteiger partial charge < -0.3 is 20.4 Å². The Morgan fingerprint density at radius 2 is 2.20 bits per heavy atom. The Bertz CT molecular complexity index is 658. The van der Waals surface area contributed by atoms with Crippen LogP contribution in [0.4, 0.5) is 0 Å². The Labute approximate surface area is 114 Å². The second kappa shape index (κ2) is 4.17. The normalized spacial score (nSPS) is 27.6. The van der Waals surface area contributed by atoms with Gasteiger partial charge in [-0.1, -0.05) is 0 Å². The van der Waals surface area contributed by atoms with Crippen LogP contribution < -0.4 is 16.5 Å². The molecule has 0 atom stereocenters. The lowest BCUT2D eigenvalue weighted by Gasteiger charge is -2.51. The molecular weight excluding hydrogens is 262 g/mol. The molecule has 0 saturated heterocycles. The number of rotatable bonds is 2. The summed E-state index contributed by atoms with van der Waals surface area (Å²) in [6.07, 6.45) is 2.97. The molecule has 106 valence electrons. The van der Waals surface area contributed by atoms with Gasteiger partial charge in [0.05, 0.1) is 11.6 Å². The molecule has 0 unspecified atom stereocenters. The molecule has 3 rings (SSSR count). The molecule has 7 nitrogen and oxygen atoms in total. The Morgan fingerprint density at radius 1 is 1.50 bits per heavy atom. The summed E-state index contributed by atoms with van der Waals surface area (Å²) >= 11 is 0. The number of nitrogens with two attached hydrogens (primary N) is 1. The van der Waals surface area contributed by atoms with Crippen LogP contribution in [0.3, 0.4) is 0 Å². The van der Waals surface area contributed by atoms with E-state index in [0.717, 1.165) is 12.8 Å². The quantitative estimate of drug-likeness (QED) is 0.738. The number of nitrogens with one attached hydrogen (secondary N) is 1. The maximum absolute atomic E-state index is 11.9. The van der Waals surface area contributed by atoms with Crippen molar-refractivity contribution in [3.63, 3.8) is 0 Å².